The summed E-state index contributed by atoms with van der Waals surface area (Å²) < 4.78 is 1.94. The van der Waals surface area contributed by atoms with Crippen LogP contribution in [0.4, 0.5) is 0 Å². The van der Waals surface area contributed by atoms with Crippen LogP contribution in [0, 0.1) is 13.8 Å². The van der Waals surface area contributed by atoms with E-state index in [1.54, 1.807) is 0 Å². The van der Waals surface area contributed by atoms with Gasteiger partial charge in [0.15, 0.2) is 0 Å². The van der Waals surface area contributed by atoms with Gasteiger partial charge in [-0.05, 0) is 44.9 Å². The van der Waals surface area contributed by atoms with E-state index in [-0.39, 0.29) is 0 Å². The molecule has 0 fully saturated rings. The standard InChI is InChI=1S/C16H22ClN3/c1-11(8-14-6-5-7-15(17)9-14)18-10-16-12(2)19-20(4)13(16)3/h5-7,9,11,18H,8,10H2,1-4H3. The second kappa shape index (κ2) is 6.42. The van der Waals surface area contributed by atoms with Gasteiger partial charge in [0.25, 0.3) is 0 Å². The zero-order valence-electron chi connectivity index (χ0n) is 12.6. The number of halogens is 1. The normalized spacial score (nSPS) is 12.7. The number of aromatic nitrogens is 2. The zero-order valence-corrected chi connectivity index (χ0v) is 13.3. The molecule has 1 N–H and O–H groups in total. The molecule has 0 saturated carbocycles. The summed E-state index contributed by atoms with van der Waals surface area (Å²) in [5.41, 5.74) is 4.89. The lowest BCUT2D eigenvalue weighted by Crippen LogP contribution is -2.28. The third-order valence-corrected chi connectivity index (χ3v) is 3.95. The van der Waals surface area contributed by atoms with Gasteiger partial charge in [-0.25, -0.2) is 0 Å². The van der Waals surface area contributed by atoms with Crippen LogP contribution in [0.25, 0.3) is 0 Å². The minimum atomic E-state index is 0.396. The van der Waals surface area contributed by atoms with E-state index in [0.29, 0.717) is 6.04 Å². The van der Waals surface area contributed by atoms with Crippen molar-refractivity contribution in [3.63, 3.8) is 0 Å². The lowest BCUT2D eigenvalue weighted by atomic mass is 10.1. The van der Waals surface area contributed by atoms with Crippen LogP contribution in [0.5, 0.6) is 0 Å². The fraction of sp³-hybridized carbons (Fsp3) is 0.438. The molecule has 0 aliphatic rings. The molecule has 4 heteroatoms. The molecule has 1 heterocycles. The minimum Gasteiger partial charge on any atom is -0.310 e. The van der Waals surface area contributed by atoms with Gasteiger partial charge in [0.1, 0.15) is 0 Å². The van der Waals surface area contributed by atoms with Gasteiger partial charge in [-0.2, -0.15) is 5.10 Å². The number of hydrogen-bond donors (Lipinski definition) is 1. The largest absolute Gasteiger partial charge is 0.310 e. The summed E-state index contributed by atoms with van der Waals surface area (Å²) >= 11 is 6.01. The lowest BCUT2D eigenvalue weighted by Gasteiger charge is -2.14. The summed E-state index contributed by atoms with van der Waals surface area (Å²) in [7, 11) is 1.99. The third-order valence-electron chi connectivity index (χ3n) is 3.72. The first-order valence-electron chi connectivity index (χ1n) is 6.94. The molecule has 2 aromatic rings. The van der Waals surface area contributed by atoms with Crippen molar-refractivity contribution in [2.24, 2.45) is 7.05 Å². The molecule has 3 nitrogen and oxygen atoms in total. The van der Waals surface area contributed by atoms with Gasteiger partial charge in [-0.3, -0.25) is 4.68 Å². The molecular weight excluding hydrogens is 270 g/mol. The van der Waals surface area contributed by atoms with Crippen LogP contribution in [-0.2, 0) is 20.0 Å². The second-order valence-corrected chi connectivity index (χ2v) is 5.83. The third kappa shape index (κ3) is 3.62. The smallest absolute Gasteiger partial charge is 0.0641 e. The Bertz CT molecular complexity index is 589. The lowest BCUT2D eigenvalue weighted by molar-refractivity contribution is 0.543. The first kappa shape index (κ1) is 15.1. The van der Waals surface area contributed by atoms with Crippen molar-refractivity contribution in [3.8, 4) is 0 Å². The average molecular weight is 292 g/mol. The highest BCUT2D eigenvalue weighted by Crippen LogP contribution is 2.14. The summed E-state index contributed by atoms with van der Waals surface area (Å²) in [6.45, 7) is 7.22. The number of nitrogens with one attached hydrogen (secondary N) is 1. The Hall–Kier alpha value is -1.32. The quantitative estimate of drug-likeness (QED) is 0.915. The van der Waals surface area contributed by atoms with E-state index < -0.39 is 0 Å². The fourth-order valence-electron chi connectivity index (χ4n) is 2.44. The Balaban J connectivity index is 1.94. The molecule has 0 bridgehead atoms. The molecule has 0 radical (unpaired) electrons. The van der Waals surface area contributed by atoms with Crippen LogP contribution in [0.1, 0.15) is 29.4 Å². The van der Waals surface area contributed by atoms with Gasteiger partial charge in [-0.15, -0.1) is 0 Å². The SMILES string of the molecule is Cc1nn(C)c(C)c1CNC(C)Cc1cccc(Cl)c1. The fourth-order valence-corrected chi connectivity index (χ4v) is 2.65. The van der Waals surface area contributed by atoms with Crippen molar-refractivity contribution in [1.29, 1.82) is 0 Å². The van der Waals surface area contributed by atoms with E-state index in [1.807, 2.05) is 29.9 Å². The van der Waals surface area contributed by atoms with Crippen LogP contribution >= 0.6 is 11.6 Å². The van der Waals surface area contributed by atoms with Crippen molar-refractivity contribution >= 4 is 11.6 Å². The van der Waals surface area contributed by atoms with Gasteiger partial charge < -0.3 is 5.32 Å². The van der Waals surface area contributed by atoms with Gasteiger partial charge in [0.2, 0.25) is 0 Å². The molecule has 0 saturated heterocycles. The van der Waals surface area contributed by atoms with Crippen LogP contribution in [-0.4, -0.2) is 15.8 Å². The number of aryl methyl sites for hydroxylation is 2. The Morgan fingerprint density at radius 3 is 2.70 bits per heavy atom. The molecule has 20 heavy (non-hydrogen) atoms. The van der Waals surface area contributed by atoms with E-state index in [2.05, 4.69) is 37.3 Å². The number of hydrogen-bond acceptors (Lipinski definition) is 2. The van der Waals surface area contributed by atoms with Crippen molar-refractivity contribution < 1.29 is 0 Å². The molecule has 1 aromatic heterocycles. The van der Waals surface area contributed by atoms with E-state index in [9.17, 15) is 0 Å². The first-order chi connectivity index (χ1) is 9.47. The van der Waals surface area contributed by atoms with Crippen LogP contribution in [0.15, 0.2) is 24.3 Å². The molecule has 2 rings (SSSR count). The Morgan fingerprint density at radius 1 is 1.35 bits per heavy atom. The highest BCUT2D eigenvalue weighted by molar-refractivity contribution is 6.30. The summed E-state index contributed by atoms with van der Waals surface area (Å²) in [6.07, 6.45) is 0.971. The van der Waals surface area contributed by atoms with Crippen LogP contribution in [0.2, 0.25) is 5.02 Å². The first-order valence-corrected chi connectivity index (χ1v) is 7.32. The van der Waals surface area contributed by atoms with Gasteiger partial charge >= 0.3 is 0 Å². The zero-order chi connectivity index (χ0) is 14.7. The van der Waals surface area contributed by atoms with E-state index in [1.165, 1.54) is 16.8 Å². The summed E-state index contributed by atoms with van der Waals surface area (Å²) in [5.74, 6) is 0. The Labute approximate surface area is 126 Å². The molecule has 0 aliphatic carbocycles. The maximum Gasteiger partial charge on any atom is 0.0641 e. The van der Waals surface area contributed by atoms with Crippen LogP contribution in [0.3, 0.4) is 0 Å². The van der Waals surface area contributed by atoms with Gasteiger partial charge in [0, 0.05) is 35.9 Å². The Kier molecular flexibility index (Phi) is 4.84. The average Bonchev–Trinajstić information content (AvgIpc) is 2.61. The van der Waals surface area contributed by atoms with Crippen molar-refractivity contribution in [2.45, 2.75) is 39.8 Å². The monoisotopic (exact) mass is 291 g/mol. The van der Waals surface area contributed by atoms with Crippen molar-refractivity contribution in [2.75, 3.05) is 0 Å². The van der Waals surface area contributed by atoms with Gasteiger partial charge in [-0.1, -0.05) is 23.7 Å². The number of rotatable bonds is 5. The molecule has 0 spiro atoms. The van der Waals surface area contributed by atoms with Gasteiger partial charge in [0.05, 0.1) is 5.69 Å². The van der Waals surface area contributed by atoms with E-state index in [0.717, 1.165) is 23.7 Å². The molecule has 1 unspecified atom stereocenters. The molecule has 0 amide bonds. The molecule has 1 atom stereocenters. The van der Waals surface area contributed by atoms with Crippen LogP contribution < -0.4 is 5.32 Å². The predicted octanol–water partition coefficient (Wildman–Crippen LogP) is 3.41. The second-order valence-electron chi connectivity index (χ2n) is 5.39. The summed E-state index contributed by atoms with van der Waals surface area (Å²) in [5, 5.41) is 8.81. The molecule has 1 aromatic carbocycles. The van der Waals surface area contributed by atoms with Crippen molar-refractivity contribution in [1.82, 2.24) is 15.1 Å². The molecule has 108 valence electrons. The minimum absolute atomic E-state index is 0.396. The summed E-state index contributed by atoms with van der Waals surface area (Å²) in [4.78, 5) is 0. The summed E-state index contributed by atoms with van der Waals surface area (Å²) in [6, 6.07) is 8.45. The molecular formula is C16H22ClN3. The number of benzene rings is 1. The van der Waals surface area contributed by atoms with Crippen molar-refractivity contribution in [3.05, 3.63) is 51.8 Å². The molecule has 0 aliphatic heterocycles. The number of nitrogens with zero attached hydrogens (tertiary/aromatic N) is 2. The maximum atomic E-state index is 6.01. The van der Waals surface area contributed by atoms with E-state index in [4.69, 9.17) is 11.6 Å². The predicted molar refractivity (Wildman–Crippen MR) is 84.1 cm³/mol. The highest BCUT2D eigenvalue weighted by Gasteiger charge is 2.10. The highest BCUT2D eigenvalue weighted by atomic mass is 35.5. The topological polar surface area (TPSA) is 29.9 Å². The maximum absolute atomic E-state index is 6.01. The Morgan fingerprint density at radius 2 is 2.10 bits per heavy atom. The van der Waals surface area contributed by atoms with E-state index >= 15 is 0 Å².